The molecule has 126 valence electrons. The van der Waals surface area contributed by atoms with E-state index in [4.69, 9.17) is 8.94 Å². The van der Waals surface area contributed by atoms with Gasteiger partial charge < -0.3 is 19.2 Å². The summed E-state index contributed by atoms with van der Waals surface area (Å²) in [6, 6.07) is 12.7. The van der Waals surface area contributed by atoms with Crippen LogP contribution in [0.3, 0.4) is 0 Å². The van der Waals surface area contributed by atoms with Gasteiger partial charge in [-0.2, -0.15) is 0 Å². The number of carbonyl (C=O) groups excluding carboxylic acids is 2. The Morgan fingerprint density at radius 1 is 1.16 bits per heavy atom. The average Bonchev–Trinajstić information content (AvgIpc) is 3.38. The molecule has 2 aromatic heterocycles. The number of anilines is 1. The van der Waals surface area contributed by atoms with Crippen molar-refractivity contribution >= 4 is 17.5 Å². The first-order chi connectivity index (χ1) is 12.2. The molecule has 1 aliphatic rings. The molecule has 0 atom stereocenters. The number of nitrogens with one attached hydrogen (secondary N) is 1. The molecule has 1 N–H and O–H groups in total. The molecule has 0 aliphatic carbocycles. The molecule has 0 bridgehead atoms. The molecule has 7 heteroatoms. The van der Waals surface area contributed by atoms with Gasteiger partial charge in [-0.15, -0.1) is 0 Å². The van der Waals surface area contributed by atoms with Gasteiger partial charge in [-0.3, -0.25) is 9.59 Å². The summed E-state index contributed by atoms with van der Waals surface area (Å²) in [4.78, 5) is 26.2. The van der Waals surface area contributed by atoms with Crippen LogP contribution in [0.15, 0.2) is 57.7 Å². The second-order valence-electron chi connectivity index (χ2n) is 5.66. The van der Waals surface area contributed by atoms with Gasteiger partial charge >= 0.3 is 0 Å². The molecule has 3 aromatic rings. The van der Waals surface area contributed by atoms with Gasteiger partial charge in [0.15, 0.2) is 11.5 Å². The third-order valence-corrected chi connectivity index (χ3v) is 4.10. The zero-order chi connectivity index (χ0) is 17.2. The van der Waals surface area contributed by atoms with Crippen LogP contribution in [-0.4, -0.2) is 30.1 Å². The molecule has 0 radical (unpaired) electrons. The zero-order valence-electron chi connectivity index (χ0n) is 13.3. The number of amides is 2. The molecule has 4 rings (SSSR count). The van der Waals surface area contributed by atoms with Crippen LogP contribution in [0.5, 0.6) is 0 Å². The third kappa shape index (κ3) is 2.91. The van der Waals surface area contributed by atoms with Crippen LogP contribution in [0.25, 0.3) is 11.5 Å². The number of hydrogen-bond acceptors (Lipinski definition) is 5. The van der Waals surface area contributed by atoms with Gasteiger partial charge in [0.2, 0.25) is 11.7 Å². The van der Waals surface area contributed by atoms with E-state index in [2.05, 4.69) is 10.5 Å². The highest BCUT2D eigenvalue weighted by Gasteiger charge is 2.24. The lowest BCUT2D eigenvalue weighted by molar-refractivity contribution is -0.117. The molecule has 7 nitrogen and oxygen atoms in total. The summed E-state index contributed by atoms with van der Waals surface area (Å²) in [5.41, 5.74) is 2.14. The molecule has 3 heterocycles. The topological polar surface area (TPSA) is 88.6 Å². The predicted molar refractivity (Wildman–Crippen MR) is 89.0 cm³/mol. The summed E-state index contributed by atoms with van der Waals surface area (Å²) in [5, 5.41) is 6.29. The number of nitrogens with zero attached hydrogens (tertiary/aromatic N) is 2. The standard InChI is InChI=1S/C18H15N3O4/c22-17(21-8-7-12-4-1-2-5-14(12)21)11-19-18(23)13-10-16(25-20-13)15-6-3-9-24-15/h1-6,9-10H,7-8,11H2,(H,19,23). The number of aromatic nitrogens is 1. The minimum atomic E-state index is -0.470. The lowest BCUT2D eigenvalue weighted by Gasteiger charge is -2.17. The van der Waals surface area contributed by atoms with Gasteiger partial charge in [-0.1, -0.05) is 23.4 Å². The predicted octanol–water partition coefficient (Wildman–Crippen LogP) is 2.25. The highest BCUT2D eigenvalue weighted by Crippen LogP contribution is 2.27. The van der Waals surface area contributed by atoms with E-state index < -0.39 is 5.91 Å². The quantitative estimate of drug-likeness (QED) is 0.789. The molecule has 1 aliphatic heterocycles. The van der Waals surface area contributed by atoms with Gasteiger partial charge in [0, 0.05) is 18.3 Å². The summed E-state index contributed by atoms with van der Waals surface area (Å²) >= 11 is 0. The Labute approximate surface area is 143 Å². The van der Waals surface area contributed by atoms with E-state index >= 15 is 0 Å². The molecule has 0 saturated carbocycles. The van der Waals surface area contributed by atoms with E-state index in [0.29, 0.717) is 18.1 Å². The number of benzene rings is 1. The van der Waals surface area contributed by atoms with Crippen molar-refractivity contribution in [2.75, 3.05) is 18.0 Å². The maximum absolute atomic E-state index is 12.4. The van der Waals surface area contributed by atoms with Crippen molar-refractivity contribution in [3.63, 3.8) is 0 Å². The molecule has 1 aromatic carbocycles. The summed E-state index contributed by atoms with van der Waals surface area (Å²) in [6.07, 6.45) is 2.33. The van der Waals surface area contributed by atoms with E-state index in [1.165, 1.54) is 12.3 Å². The maximum atomic E-state index is 12.4. The van der Waals surface area contributed by atoms with Crippen LogP contribution >= 0.6 is 0 Å². The van der Waals surface area contributed by atoms with Gasteiger partial charge in [-0.05, 0) is 30.2 Å². The fourth-order valence-electron chi connectivity index (χ4n) is 2.86. The number of carbonyl (C=O) groups is 2. The normalized spacial score (nSPS) is 12.9. The van der Waals surface area contributed by atoms with Crippen molar-refractivity contribution in [3.8, 4) is 11.5 Å². The van der Waals surface area contributed by atoms with Crippen molar-refractivity contribution in [2.45, 2.75) is 6.42 Å². The monoisotopic (exact) mass is 337 g/mol. The van der Waals surface area contributed by atoms with Crippen LogP contribution in [0.1, 0.15) is 16.1 Å². The first kappa shape index (κ1) is 15.2. The van der Waals surface area contributed by atoms with Gasteiger partial charge in [0.1, 0.15) is 0 Å². The Morgan fingerprint density at radius 2 is 2.04 bits per heavy atom. The Bertz CT molecular complexity index is 914. The van der Waals surface area contributed by atoms with Crippen LogP contribution in [0.4, 0.5) is 5.69 Å². The Morgan fingerprint density at radius 3 is 2.88 bits per heavy atom. The second kappa shape index (κ2) is 6.27. The Balaban J connectivity index is 1.39. The number of fused-ring (bicyclic) bond motifs is 1. The van der Waals surface area contributed by atoms with E-state index in [9.17, 15) is 9.59 Å². The van der Waals surface area contributed by atoms with Crippen molar-refractivity contribution in [3.05, 3.63) is 60.0 Å². The van der Waals surface area contributed by atoms with Crippen molar-refractivity contribution < 1.29 is 18.5 Å². The number of rotatable bonds is 4. The van der Waals surface area contributed by atoms with Crippen LogP contribution in [-0.2, 0) is 11.2 Å². The molecule has 0 unspecified atom stereocenters. The maximum Gasteiger partial charge on any atom is 0.273 e. The number of furan rings is 1. The zero-order valence-corrected chi connectivity index (χ0v) is 13.3. The molecule has 25 heavy (non-hydrogen) atoms. The summed E-state index contributed by atoms with van der Waals surface area (Å²) < 4.78 is 10.3. The van der Waals surface area contributed by atoms with Gasteiger partial charge in [0.05, 0.1) is 12.8 Å². The van der Waals surface area contributed by atoms with Crippen molar-refractivity contribution in [1.29, 1.82) is 0 Å². The number of hydrogen-bond donors (Lipinski definition) is 1. The molecule has 2 amide bonds. The first-order valence-electron chi connectivity index (χ1n) is 7.89. The molecular weight excluding hydrogens is 322 g/mol. The van der Waals surface area contributed by atoms with Crippen molar-refractivity contribution in [1.82, 2.24) is 10.5 Å². The van der Waals surface area contributed by atoms with Gasteiger partial charge in [-0.25, -0.2) is 0 Å². The van der Waals surface area contributed by atoms with E-state index in [1.54, 1.807) is 17.0 Å². The summed E-state index contributed by atoms with van der Waals surface area (Å²) in [5.74, 6) is 0.210. The molecule has 0 fully saturated rings. The minimum Gasteiger partial charge on any atom is -0.461 e. The molecular formula is C18H15N3O4. The lowest BCUT2D eigenvalue weighted by atomic mass is 10.2. The fraction of sp³-hybridized carbons (Fsp3) is 0.167. The minimum absolute atomic E-state index is 0.0982. The molecule has 0 spiro atoms. The fourth-order valence-corrected chi connectivity index (χ4v) is 2.86. The van der Waals surface area contributed by atoms with Crippen LogP contribution in [0.2, 0.25) is 0 Å². The smallest absolute Gasteiger partial charge is 0.273 e. The van der Waals surface area contributed by atoms with E-state index in [-0.39, 0.29) is 18.1 Å². The SMILES string of the molecule is O=C(NCC(=O)N1CCc2ccccc21)c1cc(-c2ccco2)on1. The summed E-state index contributed by atoms with van der Waals surface area (Å²) in [6.45, 7) is 0.525. The average molecular weight is 337 g/mol. The first-order valence-corrected chi connectivity index (χ1v) is 7.89. The highest BCUT2D eigenvalue weighted by molar-refractivity contribution is 6.00. The van der Waals surface area contributed by atoms with Crippen molar-refractivity contribution in [2.24, 2.45) is 0 Å². The Kier molecular flexibility index (Phi) is 3.81. The lowest BCUT2D eigenvalue weighted by Crippen LogP contribution is -2.39. The second-order valence-corrected chi connectivity index (χ2v) is 5.66. The third-order valence-electron chi connectivity index (χ3n) is 4.10. The Hall–Kier alpha value is -3.35. The van der Waals surface area contributed by atoms with E-state index in [1.807, 2.05) is 24.3 Å². The van der Waals surface area contributed by atoms with Crippen LogP contribution in [0, 0.1) is 0 Å². The number of para-hydroxylation sites is 1. The van der Waals surface area contributed by atoms with Gasteiger partial charge in [0.25, 0.3) is 5.91 Å². The molecule has 0 saturated heterocycles. The van der Waals surface area contributed by atoms with E-state index in [0.717, 1.165) is 17.7 Å². The largest absolute Gasteiger partial charge is 0.461 e. The van der Waals surface area contributed by atoms with Crippen LogP contribution < -0.4 is 10.2 Å². The highest BCUT2D eigenvalue weighted by atomic mass is 16.5. The summed E-state index contributed by atoms with van der Waals surface area (Å²) in [7, 11) is 0.